The third-order valence-electron chi connectivity index (χ3n) is 3.83. The summed E-state index contributed by atoms with van der Waals surface area (Å²) in [7, 11) is 0. The monoisotopic (exact) mass is 263 g/mol. The van der Waals surface area contributed by atoms with Crippen LogP contribution < -0.4 is 0 Å². The Kier molecular flexibility index (Phi) is 5.83. The molecule has 0 radical (unpaired) electrons. The first-order chi connectivity index (χ1) is 9.31. The first-order valence-corrected chi connectivity index (χ1v) is 7.36. The van der Waals surface area contributed by atoms with Crippen molar-refractivity contribution in [3.8, 4) is 0 Å². The minimum Gasteiger partial charge on any atom is -0.388 e. The summed E-state index contributed by atoms with van der Waals surface area (Å²) in [5.41, 5.74) is 1.00. The second-order valence-electron chi connectivity index (χ2n) is 5.28. The summed E-state index contributed by atoms with van der Waals surface area (Å²) < 4.78 is 5.58. The third kappa shape index (κ3) is 4.30. The number of nitrogens with zero attached hydrogens (tertiary/aromatic N) is 1. The van der Waals surface area contributed by atoms with Crippen LogP contribution in [-0.2, 0) is 4.74 Å². The number of unbranched alkanes of at least 4 members (excludes halogenated alkanes) is 1. The molecule has 19 heavy (non-hydrogen) atoms. The van der Waals surface area contributed by atoms with Crippen LogP contribution in [0.3, 0.4) is 0 Å². The maximum absolute atomic E-state index is 10.3. The molecule has 1 aliphatic rings. The van der Waals surface area contributed by atoms with Gasteiger partial charge in [-0.15, -0.1) is 0 Å². The molecular formula is C16H25NO2. The van der Waals surface area contributed by atoms with Crippen molar-refractivity contribution in [2.75, 3.05) is 26.3 Å². The normalized spacial score (nSPS) is 22.3. The van der Waals surface area contributed by atoms with Gasteiger partial charge < -0.3 is 9.84 Å². The van der Waals surface area contributed by atoms with Gasteiger partial charge in [0.2, 0.25) is 0 Å². The van der Waals surface area contributed by atoms with Gasteiger partial charge in [0.05, 0.1) is 19.3 Å². The molecule has 0 amide bonds. The van der Waals surface area contributed by atoms with Gasteiger partial charge in [0.25, 0.3) is 0 Å². The molecule has 3 heteroatoms. The molecule has 2 atom stereocenters. The predicted octanol–water partition coefficient (Wildman–Crippen LogP) is 2.61. The van der Waals surface area contributed by atoms with Crippen molar-refractivity contribution < 1.29 is 9.84 Å². The molecule has 0 aromatic heterocycles. The molecule has 0 spiro atoms. The lowest BCUT2D eigenvalue weighted by Crippen LogP contribution is -2.46. The van der Waals surface area contributed by atoms with Crippen LogP contribution in [-0.4, -0.2) is 42.4 Å². The fourth-order valence-corrected chi connectivity index (χ4v) is 2.63. The predicted molar refractivity (Wildman–Crippen MR) is 77.1 cm³/mol. The van der Waals surface area contributed by atoms with E-state index in [0.29, 0.717) is 6.04 Å². The van der Waals surface area contributed by atoms with Crippen LogP contribution in [0, 0.1) is 0 Å². The van der Waals surface area contributed by atoms with E-state index in [4.69, 9.17) is 4.74 Å². The first-order valence-electron chi connectivity index (χ1n) is 7.36. The number of aliphatic hydroxyl groups excluding tert-OH is 1. The molecule has 0 saturated carbocycles. The number of hydrogen-bond acceptors (Lipinski definition) is 3. The second kappa shape index (κ2) is 7.63. The standard InChI is InChI=1S/C16H25NO2/c1-2-3-9-17-10-11-19-13-15(17)12-16(18)14-7-5-4-6-8-14/h4-8,15-16,18H,2-3,9-13H2,1H3. The molecule has 1 aromatic rings. The number of hydrogen-bond donors (Lipinski definition) is 1. The highest BCUT2D eigenvalue weighted by Crippen LogP contribution is 2.22. The van der Waals surface area contributed by atoms with E-state index in [1.165, 1.54) is 12.8 Å². The van der Waals surface area contributed by atoms with Crippen molar-refractivity contribution >= 4 is 0 Å². The molecule has 3 nitrogen and oxygen atoms in total. The molecular weight excluding hydrogens is 238 g/mol. The van der Waals surface area contributed by atoms with Gasteiger partial charge in [0, 0.05) is 12.6 Å². The Morgan fingerprint density at radius 2 is 2.16 bits per heavy atom. The van der Waals surface area contributed by atoms with Gasteiger partial charge in [-0.25, -0.2) is 0 Å². The Balaban J connectivity index is 1.91. The Bertz CT molecular complexity index is 355. The zero-order chi connectivity index (χ0) is 13.5. The number of benzene rings is 1. The van der Waals surface area contributed by atoms with E-state index in [2.05, 4.69) is 11.8 Å². The van der Waals surface area contributed by atoms with Crippen LogP contribution in [0.4, 0.5) is 0 Å². The van der Waals surface area contributed by atoms with Crippen LogP contribution in [0.5, 0.6) is 0 Å². The van der Waals surface area contributed by atoms with Crippen LogP contribution in [0.15, 0.2) is 30.3 Å². The van der Waals surface area contributed by atoms with Crippen molar-refractivity contribution in [2.24, 2.45) is 0 Å². The average molecular weight is 263 g/mol. The average Bonchev–Trinajstić information content (AvgIpc) is 2.47. The molecule has 2 rings (SSSR count). The SMILES string of the molecule is CCCCN1CCOCC1CC(O)c1ccccc1. The van der Waals surface area contributed by atoms with E-state index in [0.717, 1.165) is 38.3 Å². The maximum atomic E-state index is 10.3. The fourth-order valence-electron chi connectivity index (χ4n) is 2.63. The molecule has 2 unspecified atom stereocenters. The number of aliphatic hydroxyl groups is 1. The van der Waals surface area contributed by atoms with Gasteiger partial charge in [0.1, 0.15) is 0 Å². The van der Waals surface area contributed by atoms with Gasteiger partial charge in [0.15, 0.2) is 0 Å². The lowest BCUT2D eigenvalue weighted by molar-refractivity contribution is -0.0265. The number of rotatable bonds is 6. The van der Waals surface area contributed by atoms with Crippen molar-refractivity contribution in [1.29, 1.82) is 0 Å². The van der Waals surface area contributed by atoms with Crippen LogP contribution >= 0.6 is 0 Å². The molecule has 1 aliphatic heterocycles. The molecule has 1 heterocycles. The smallest absolute Gasteiger partial charge is 0.0805 e. The van der Waals surface area contributed by atoms with Crippen LogP contribution in [0.2, 0.25) is 0 Å². The summed E-state index contributed by atoms with van der Waals surface area (Å²) in [6.07, 6.45) is 2.80. The van der Waals surface area contributed by atoms with Gasteiger partial charge in [-0.05, 0) is 24.9 Å². The number of ether oxygens (including phenoxy) is 1. The summed E-state index contributed by atoms with van der Waals surface area (Å²) in [5, 5.41) is 10.3. The van der Waals surface area contributed by atoms with Crippen molar-refractivity contribution in [1.82, 2.24) is 4.90 Å². The molecule has 0 bridgehead atoms. The topological polar surface area (TPSA) is 32.7 Å². The van der Waals surface area contributed by atoms with Crippen molar-refractivity contribution in [2.45, 2.75) is 38.3 Å². The maximum Gasteiger partial charge on any atom is 0.0805 e. The summed E-state index contributed by atoms with van der Waals surface area (Å²) >= 11 is 0. The highest BCUT2D eigenvalue weighted by atomic mass is 16.5. The summed E-state index contributed by atoms with van der Waals surface area (Å²) in [6.45, 7) is 5.89. The molecule has 0 aliphatic carbocycles. The van der Waals surface area contributed by atoms with Crippen molar-refractivity contribution in [3.05, 3.63) is 35.9 Å². The van der Waals surface area contributed by atoms with Gasteiger partial charge in [-0.2, -0.15) is 0 Å². The second-order valence-corrected chi connectivity index (χ2v) is 5.28. The largest absolute Gasteiger partial charge is 0.388 e. The Labute approximate surface area is 116 Å². The lowest BCUT2D eigenvalue weighted by atomic mass is 10.0. The van der Waals surface area contributed by atoms with Crippen LogP contribution in [0.1, 0.15) is 37.9 Å². The zero-order valence-electron chi connectivity index (χ0n) is 11.8. The zero-order valence-corrected chi connectivity index (χ0v) is 11.8. The molecule has 106 valence electrons. The molecule has 1 fully saturated rings. The highest BCUT2D eigenvalue weighted by Gasteiger charge is 2.25. The Morgan fingerprint density at radius 1 is 1.37 bits per heavy atom. The van der Waals surface area contributed by atoms with E-state index >= 15 is 0 Å². The van der Waals surface area contributed by atoms with E-state index in [9.17, 15) is 5.11 Å². The highest BCUT2D eigenvalue weighted by molar-refractivity contribution is 5.17. The molecule has 1 aromatic carbocycles. The van der Waals surface area contributed by atoms with Gasteiger partial charge >= 0.3 is 0 Å². The number of morpholine rings is 1. The molecule has 1 saturated heterocycles. The van der Waals surface area contributed by atoms with E-state index in [-0.39, 0.29) is 0 Å². The quantitative estimate of drug-likeness (QED) is 0.856. The fraction of sp³-hybridized carbons (Fsp3) is 0.625. The van der Waals surface area contributed by atoms with E-state index in [1.807, 2.05) is 30.3 Å². The van der Waals surface area contributed by atoms with Gasteiger partial charge in [-0.1, -0.05) is 43.7 Å². The summed E-state index contributed by atoms with van der Waals surface area (Å²) in [6, 6.07) is 10.3. The Morgan fingerprint density at radius 3 is 2.89 bits per heavy atom. The summed E-state index contributed by atoms with van der Waals surface area (Å²) in [5.74, 6) is 0. The molecule has 1 N–H and O–H groups in total. The first kappa shape index (κ1) is 14.5. The van der Waals surface area contributed by atoms with Gasteiger partial charge in [-0.3, -0.25) is 4.90 Å². The van der Waals surface area contributed by atoms with E-state index in [1.54, 1.807) is 0 Å². The minimum atomic E-state index is -0.392. The lowest BCUT2D eigenvalue weighted by Gasteiger charge is -2.36. The van der Waals surface area contributed by atoms with Crippen molar-refractivity contribution in [3.63, 3.8) is 0 Å². The van der Waals surface area contributed by atoms with Crippen LogP contribution in [0.25, 0.3) is 0 Å². The third-order valence-corrected chi connectivity index (χ3v) is 3.83. The Hall–Kier alpha value is -0.900. The van der Waals surface area contributed by atoms with E-state index < -0.39 is 6.10 Å². The summed E-state index contributed by atoms with van der Waals surface area (Å²) in [4.78, 5) is 2.47. The minimum absolute atomic E-state index is 0.343.